The molecule has 28 heavy (non-hydrogen) atoms. The van der Waals surface area contributed by atoms with Crippen molar-refractivity contribution < 1.29 is 9.59 Å². The molecule has 3 N–H and O–H groups in total. The summed E-state index contributed by atoms with van der Waals surface area (Å²) in [6, 6.07) is 16.1. The Labute approximate surface area is 166 Å². The second-order valence-electron chi connectivity index (χ2n) is 7.67. The second kappa shape index (κ2) is 9.51. The fourth-order valence-corrected chi connectivity index (χ4v) is 3.45. The molecule has 0 unspecified atom stereocenters. The van der Waals surface area contributed by atoms with E-state index >= 15 is 0 Å². The molecule has 3 rings (SSSR count). The highest BCUT2D eigenvalue weighted by Crippen LogP contribution is 2.19. The Bertz CT molecular complexity index is 800. The number of rotatable bonds is 6. The van der Waals surface area contributed by atoms with Gasteiger partial charge in [-0.15, -0.1) is 0 Å². The molecule has 1 aliphatic rings. The minimum atomic E-state index is -0.206. The molecule has 5 nitrogen and oxygen atoms in total. The van der Waals surface area contributed by atoms with E-state index in [0.29, 0.717) is 26.1 Å². The van der Waals surface area contributed by atoms with E-state index in [-0.39, 0.29) is 23.7 Å². The van der Waals surface area contributed by atoms with E-state index in [0.717, 1.165) is 17.7 Å². The Morgan fingerprint density at radius 1 is 0.893 bits per heavy atom. The van der Waals surface area contributed by atoms with Crippen LogP contribution in [0, 0.1) is 25.7 Å². The zero-order valence-electron chi connectivity index (χ0n) is 16.6. The van der Waals surface area contributed by atoms with Crippen LogP contribution in [0.2, 0.25) is 0 Å². The van der Waals surface area contributed by atoms with Gasteiger partial charge in [0, 0.05) is 25.3 Å². The van der Waals surface area contributed by atoms with Crippen LogP contribution in [-0.4, -0.2) is 31.4 Å². The third-order valence-corrected chi connectivity index (χ3v) is 5.24. The number of hydrogen-bond acceptors (Lipinski definition) is 3. The molecule has 0 saturated carbocycles. The first-order valence-electron chi connectivity index (χ1n) is 9.93. The van der Waals surface area contributed by atoms with Gasteiger partial charge in [-0.1, -0.05) is 47.5 Å². The summed E-state index contributed by atoms with van der Waals surface area (Å²) in [6.07, 6.45) is 1.38. The lowest BCUT2D eigenvalue weighted by Gasteiger charge is -2.28. The van der Waals surface area contributed by atoms with Crippen LogP contribution in [0.3, 0.4) is 0 Å². The predicted octanol–water partition coefficient (Wildman–Crippen LogP) is 2.83. The van der Waals surface area contributed by atoms with Crippen molar-refractivity contribution in [2.45, 2.75) is 26.7 Å². The van der Waals surface area contributed by atoms with Crippen LogP contribution >= 0.6 is 0 Å². The van der Waals surface area contributed by atoms with E-state index in [1.807, 2.05) is 31.2 Å². The Hall–Kier alpha value is -2.66. The molecule has 0 radical (unpaired) electrons. The number of amides is 2. The minimum Gasteiger partial charge on any atom is -0.355 e. The van der Waals surface area contributed by atoms with Gasteiger partial charge in [0.1, 0.15) is 0 Å². The average Bonchev–Trinajstić information content (AvgIpc) is 2.71. The van der Waals surface area contributed by atoms with Crippen LogP contribution in [0.4, 0.5) is 5.69 Å². The van der Waals surface area contributed by atoms with Gasteiger partial charge in [-0.2, -0.15) is 0 Å². The highest BCUT2D eigenvalue weighted by molar-refractivity contribution is 5.93. The Kier molecular flexibility index (Phi) is 6.82. The smallest absolute Gasteiger partial charge is 0.228 e. The van der Waals surface area contributed by atoms with Crippen LogP contribution in [0.15, 0.2) is 48.5 Å². The first kappa shape index (κ1) is 20.1. The SMILES string of the molecule is Cc1ccc(CCNC(=O)[C@H]2CNC[C@@H](C(=O)Nc3ccc(C)cc3)C2)cc1. The maximum Gasteiger partial charge on any atom is 0.228 e. The van der Waals surface area contributed by atoms with Gasteiger partial charge in [-0.25, -0.2) is 0 Å². The molecule has 2 amide bonds. The standard InChI is InChI=1S/C23H29N3O2/c1-16-3-7-18(8-4-16)11-12-25-22(27)19-13-20(15-24-14-19)23(28)26-21-9-5-17(2)6-10-21/h3-10,19-20,24H,11-15H2,1-2H3,(H,25,27)(H,26,28)/t19-,20+/m1/s1. The van der Waals surface area contributed by atoms with Gasteiger partial charge in [-0.3, -0.25) is 9.59 Å². The van der Waals surface area contributed by atoms with Crippen molar-refractivity contribution >= 4 is 17.5 Å². The van der Waals surface area contributed by atoms with Crippen molar-refractivity contribution in [3.05, 3.63) is 65.2 Å². The molecule has 0 spiro atoms. The lowest BCUT2D eigenvalue weighted by Crippen LogP contribution is -2.47. The second-order valence-corrected chi connectivity index (χ2v) is 7.67. The number of carbonyl (C=O) groups excluding carboxylic acids is 2. The summed E-state index contributed by atoms with van der Waals surface area (Å²) in [6.45, 7) is 5.90. The summed E-state index contributed by atoms with van der Waals surface area (Å²) >= 11 is 0. The van der Waals surface area contributed by atoms with Crippen LogP contribution < -0.4 is 16.0 Å². The van der Waals surface area contributed by atoms with Gasteiger partial charge in [0.15, 0.2) is 0 Å². The number of benzene rings is 2. The third-order valence-electron chi connectivity index (χ3n) is 5.24. The van der Waals surface area contributed by atoms with E-state index in [2.05, 4.69) is 47.1 Å². The Morgan fingerprint density at radius 2 is 1.46 bits per heavy atom. The molecular weight excluding hydrogens is 350 g/mol. The van der Waals surface area contributed by atoms with Crippen LogP contribution in [0.25, 0.3) is 0 Å². The zero-order valence-corrected chi connectivity index (χ0v) is 16.6. The number of nitrogens with one attached hydrogen (secondary N) is 3. The normalized spacial score (nSPS) is 19.1. The average molecular weight is 380 g/mol. The number of aryl methyl sites for hydroxylation is 2. The van der Waals surface area contributed by atoms with Crippen molar-refractivity contribution in [3.63, 3.8) is 0 Å². The third kappa shape index (κ3) is 5.67. The van der Waals surface area contributed by atoms with Gasteiger partial charge >= 0.3 is 0 Å². The van der Waals surface area contributed by atoms with Crippen LogP contribution in [-0.2, 0) is 16.0 Å². The molecule has 1 aliphatic heterocycles. The van der Waals surface area contributed by atoms with E-state index in [4.69, 9.17) is 0 Å². The molecule has 0 aliphatic carbocycles. The molecule has 5 heteroatoms. The van der Waals surface area contributed by atoms with Crippen molar-refractivity contribution in [2.75, 3.05) is 25.0 Å². The lowest BCUT2D eigenvalue weighted by molar-refractivity contribution is -0.127. The summed E-state index contributed by atoms with van der Waals surface area (Å²) in [5, 5.41) is 9.21. The number of piperidine rings is 1. The van der Waals surface area contributed by atoms with Gasteiger partial charge in [0.05, 0.1) is 11.8 Å². The van der Waals surface area contributed by atoms with Crippen LogP contribution in [0.1, 0.15) is 23.1 Å². The van der Waals surface area contributed by atoms with Gasteiger partial charge in [0.2, 0.25) is 11.8 Å². The molecule has 0 bridgehead atoms. The molecule has 1 fully saturated rings. The van der Waals surface area contributed by atoms with Crippen molar-refractivity contribution in [1.29, 1.82) is 0 Å². The molecular formula is C23H29N3O2. The maximum absolute atomic E-state index is 12.6. The van der Waals surface area contributed by atoms with E-state index < -0.39 is 0 Å². The number of hydrogen-bond donors (Lipinski definition) is 3. The van der Waals surface area contributed by atoms with Crippen molar-refractivity contribution in [1.82, 2.24) is 10.6 Å². The molecule has 2 atom stereocenters. The maximum atomic E-state index is 12.6. The monoisotopic (exact) mass is 379 g/mol. The molecule has 1 saturated heterocycles. The number of carbonyl (C=O) groups is 2. The first-order valence-corrected chi connectivity index (χ1v) is 9.93. The zero-order chi connectivity index (χ0) is 19.9. The van der Waals surface area contributed by atoms with Gasteiger partial charge < -0.3 is 16.0 Å². The minimum absolute atomic E-state index is 0.0208. The fourth-order valence-electron chi connectivity index (χ4n) is 3.45. The van der Waals surface area contributed by atoms with E-state index in [9.17, 15) is 9.59 Å². The van der Waals surface area contributed by atoms with E-state index in [1.165, 1.54) is 11.1 Å². The molecule has 0 aromatic heterocycles. The highest BCUT2D eigenvalue weighted by atomic mass is 16.2. The van der Waals surface area contributed by atoms with Gasteiger partial charge in [0.25, 0.3) is 0 Å². The van der Waals surface area contributed by atoms with Crippen molar-refractivity contribution in [2.24, 2.45) is 11.8 Å². The summed E-state index contributed by atoms with van der Waals surface area (Å²) in [7, 11) is 0. The quantitative estimate of drug-likeness (QED) is 0.723. The molecule has 148 valence electrons. The molecule has 2 aromatic carbocycles. The topological polar surface area (TPSA) is 70.2 Å². The largest absolute Gasteiger partial charge is 0.355 e. The fraction of sp³-hybridized carbons (Fsp3) is 0.391. The summed E-state index contributed by atoms with van der Waals surface area (Å²) < 4.78 is 0. The summed E-state index contributed by atoms with van der Waals surface area (Å²) in [5.41, 5.74) is 4.39. The highest BCUT2D eigenvalue weighted by Gasteiger charge is 2.30. The number of anilines is 1. The summed E-state index contributed by atoms with van der Waals surface area (Å²) in [4.78, 5) is 25.1. The van der Waals surface area contributed by atoms with Crippen molar-refractivity contribution in [3.8, 4) is 0 Å². The summed E-state index contributed by atoms with van der Waals surface area (Å²) in [5.74, 6) is -0.399. The first-order chi connectivity index (χ1) is 13.5. The Morgan fingerprint density at radius 3 is 2.11 bits per heavy atom. The lowest BCUT2D eigenvalue weighted by atomic mass is 9.89. The molecule has 2 aromatic rings. The predicted molar refractivity (Wildman–Crippen MR) is 112 cm³/mol. The Balaban J connectivity index is 1.46. The van der Waals surface area contributed by atoms with Crippen LogP contribution in [0.5, 0.6) is 0 Å². The van der Waals surface area contributed by atoms with Gasteiger partial charge in [-0.05, 0) is 44.4 Å². The van der Waals surface area contributed by atoms with E-state index in [1.54, 1.807) is 0 Å². The molecule has 1 heterocycles.